The van der Waals surface area contributed by atoms with Crippen LogP contribution in [-0.4, -0.2) is 20.7 Å². The van der Waals surface area contributed by atoms with Crippen molar-refractivity contribution in [3.63, 3.8) is 0 Å². The number of hydrogen-bond donors (Lipinski definition) is 0. The molecule has 0 atom stereocenters. The van der Waals surface area contributed by atoms with Crippen LogP contribution in [0, 0.1) is 0 Å². The van der Waals surface area contributed by atoms with Gasteiger partial charge >= 0.3 is 0 Å². The highest BCUT2D eigenvalue weighted by atomic mass is 35.7. The van der Waals surface area contributed by atoms with Gasteiger partial charge in [-0.05, 0) is 5.16 Å². The molecular formula is C4H4ClNO4S. The van der Waals surface area contributed by atoms with E-state index in [1.54, 1.807) is 0 Å². The number of hydrogen-bond acceptors (Lipinski definition) is 5. The smallest absolute Gasteiger partial charge is 0.297 e. The molecule has 5 nitrogen and oxygen atoms in total. The van der Waals surface area contributed by atoms with Crippen LogP contribution in [0.15, 0.2) is 15.7 Å². The van der Waals surface area contributed by atoms with Crippen LogP contribution in [0.1, 0.15) is 0 Å². The maximum Gasteiger partial charge on any atom is 0.297 e. The Bertz CT molecular complexity index is 343. The molecule has 0 bridgehead atoms. The van der Waals surface area contributed by atoms with Gasteiger partial charge in [0.05, 0.1) is 13.2 Å². The number of ether oxygens (including phenoxy) is 1. The van der Waals surface area contributed by atoms with Gasteiger partial charge in [-0.25, -0.2) is 8.42 Å². The van der Waals surface area contributed by atoms with Crippen molar-refractivity contribution >= 4 is 19.7 Å². The van der Waals surface area contributed by atoms with Crippen molar-refractivity contribution in [3.05, 3.63) is 6.07 Å². The van der Waals surface area contributed by atoms with Gasteiger partial charge in [-0.2, -0.15) is 0 Å². The van der Waals surface area contributed by atoms with Crippen LogP contribution < -0.4 is 4.74 Å². The molecule has 0 aromatic carbocycles. The molecule has 0 amide bonds. The van der Waals surface area contributed by atoms with E-state index in [0.717, 1.165) is 6.07 Å². The lowest BCUT2D eigenvalue weighted by Crippen LogP contribution is -1.85. The van der Waals surface area contributed by atoms with E-state index in [2.05, 4.69) is 14.4 Å². The summed E-state index contributed by atoms with van der Waals surface area (Å²) in [4.78, 5) is 0. The first-order valence-electron chi connectivity index (χ1n) is 2.49. The molecular weight excluding hydrogens is 194 g/mol. The molecule has 0 aliphatic carbocycles. The summed E-state index contributed by atoms with van der Waals surface area (Å²) >= 11 is 0. The predicted octanol–water partition coefficient (Wildman–Crippen LogP) is 0.611. The van der Waals surface area contributed by atoms with Crippen molar-refractivity contribution < 1.29 is 17.7 Å². The summed E-state index contributed by atoms with van der Waals surface area (Å²) in [7, 11) is 2.42. The van der Waals surface area contributed by atoms with Crippen molar-refractivity contribution in [2.24, 2.45) is 0 Å². The quantitative estimate of drug-likeness (QED) is 0.650. The highest BCUT2D eigenvalue weighted by Gasteiger charge is 2.16. The monoisotopic (exact) mass is 197 g/mol. The van der Waals surface area contributed by atoms with E-state index >= 15 is 0 Å². The molecule has 1 heterocycles. The van der Waals surface area contributed by atoms with Gasteiger partial charge in [0.25, 0.3) is 20.0 Å². The molecule has 0 N–H and O–H groups in total. The normalized spacial score (nSPS) is 11.5. The lowest BCUT2D eigenvalue weighted by molar-refractivity contribution is 0.304. The number of nitrogens with zero attached hydrogens (tertiary/aromatic N) is 1. The van der Waals surface area contributed by atoms with Gasteiger partial charge in [0.15, 0.2) is 0 Å². The summed E-state index contributed by atoms with van der Waals surface area (Å²) in [5.74, 6) is 0.0734. The second-order valence-corrected chi connectivity index (χ2v) is 4.12. The standard InChI is InChI=1S/C4H4ClNO4S/c1-9-3-2-4(10-6-3)11(5,7)8/h2H,1H3. The molecule has 0 saturated carbocycles. The van der Waals surface area contributed by atoms with Crippen LogP contribution in [-0.2, 0) is 9.05 Å². The zero-order valence-corrected chi connectivity index (χ0v) is 7.02. The zero-order chi connectivity index (χ0) is 8.48. The van der Waals surface area contributed by atoms with Gasteiger partial charge in [-0.15, -0.1) is 0 Å². The molecule has 0 aliphatic rings. The molecule has 0 aliphatic heterocycles. The highest BCUT2D eigenvalue weighted by Crippen LogP contribution is 2.18. The van der Waals surface area contributed by atoms with Gasteiger partial charge in [0.2, 0.25) is 0 Å². The first-order chi connectivity index (χ1) is 5.04. The Kier molecular flexibility index (Phi) is 2.05. The molecule has 0 saturated heterocycles. The largest absolute Gasteiger partial charge is 0.479 e. The lowest BCUT2D eigenvalue weighted by atomic mass is 10.7. The Hall–Kier alpha value is -0.750. The predicted molar refractivity (Wildman–Crippen MR) is 36.1 cm³/mol. The third-order valence-corrected chi connectivity index (χ3v) is 2.05. The fourth-order valence-corrected chi connectivity index (χ4v) is 1.04. The van der Waals surface area contributed by atoms with Crippen LogP contribution in [0.25, 0.3) is 0 Å². The summed E-state index contributed by atoms with van der Waals surface area (Å²) in [5, 5.41) is 2.82. The molecule has 11 heavy (non-hydrogen) atoms. The third-order valence-electron chi connectivity index (χ3n) is 0.916. The van der Waals surface area contributed by atoms with Crippen molar-refractivity contribution in [1.29, 1.82) is 0 Å². The maximum atomic E-state index is 10.5. The molecule has 0 unspecified atom stereocenters. The van der Waals surface area contributed by atoms with Crippen LogP contribution in [0.5, 0.6) is 5.88 Å². The fraction of sp³-hybridized carbons (Fsp3) is 0.250. The zero-order valence-electron chi connectivity index (χ0n) is 5.44. The van der Waals surface area contributed by atoms with E-state index in [-0.39, 0.29) is 5.88 Å². The minimum atomic E-state index is -3.83. The maximum absolute atomic E-state index is 10.5. The molecule has 7 heteroatoms. The van der Waals surface area contributed by atoms with E-state index in [1.807, 2.05) is 0 Å². The van der Waals surface area contributed by atoms with E-state index in [0.29, 0.717) is 0 Å². The minimum absolute atomic E-state index is 0.0734. The van der Waals surface area contributed by atoms with E-state index in [4.69, 9.17) is 10.7 Å². The summed E-state index contributed by atoms with van der Waals surface area (Å²) in [5.41, 5.74) is 0. The third kappa shape index (κ3) is 1.84. The topological polar surface area (TPSA) is 69.4 Å². The Morgan fingerprint density at radius 3 is 2.64 bits per heavy atom. The first kappa shape index (κ1) is 8.35. The van der Waals surface area contributed by atoms with Crippen molar-refractivity contribution in [2.45, 2.75) is 5.09 Å². The van der Waals surface area contributed by atoms with Crippen LogP contribution >= 0.6 is 10.7 Å². The molecule has 1 aromatic heterocycles. The SMILES string of the molecule is COc1cc(S(=O)(=O)Cl)on1. The lowest BCUT2D eigenvalue weighted by Gasteiger charge is -1.83. The van der Waals surface area contributed by atoms with Crippen LogP contribution in [0.4, 0.5) is 0 Å². The summed E-state index contributed by atoms with van der Waals surface area (Å²) in [6.07, 6.45) is 0. The Morgan fingerprint density at radius 2 is 2.36 bits per heavy atom. The number of aromatic nitrogens is 1. The molecule has 0 fully saturated rings. The average molecular weight is 198 g/mol. The van der Waals surface area contributed by atoms with Crippen molar-refractivity contribution in [3.8, 4) is 5.88 Å². The van der Waals surface area contributed by atoms with E-state index in [1.165, 1.54) is 7.11 Å². The van der Waals surface area contributed by atoms with Gasteiger partial charge in [-0.1, -0.05) is 0 Å². The highest BCUT2D eigenvalue weighted by molar-refractivity contribution is 8.13. The molecule has 62 valence electrons. The molecule has 0 radical (unpaired) electrons. The Balaban J connectivity index is 3.09. The number of methoxy groups -OCH3 is 1. The van der Waals surface area contributed by atoms with Crippen LogP contribution in [0.3, 0.4) is 0 Å². The van der Waals surface area contributed by atoms with Gasteiger partial charge in [0, 0.05) is 10.7 Å². The molecule has 0 spiro atoms. The molecule has 1 aromatic rings. The number of halogens is 1. The second kappa shape index (κ2) is 2.71. The molecule has 1 rings (SSSR count). The summed E-state index contributed by atoms with van der Waals surface area (Å²) < 4.78 is 30.0. The minimum Gasteiger partial charge on any atom is -0.479 e. The van der Waals surface area contributed by atoms with Crippen molar-refractivity contribution in [2.75, 3.05) is 7.11 Å². The fourth-order valence-electron chi connectivity index (χ4n) is 0.455. The van der Waals surface area contributed by atoms with Gasteiger partial charge in [0.1, 0.15) is 0 Å². The van der Waals surface area contributed by atoms with Gasteiger partial charge < -0.3 is 9.26 Å². The first-order valence-corrected chi connectivity index (χ1v) is 4.80. The average Bonchev–Trinajstić information content (AvgIpc) is 2.32. The summed E-state index contributed by atoms with van der Waals surface area (Å²) in [6, 6.07) is 1.09. The second-order valence-electron chi connectivity index (χ2n) is 1.63. The van der Waals surface area contributed by atoms with Gasteiger partial charge in [-0.3, -0.25) is 0 Å². The van der Waals surface area contributed by atoms with E-state index < -0.39 is 14.1 Å². The van der Waals surface area contributed by atoms with E-state index in [9.17, 15) is 8.42 Å². The summed E-state index contributed by atoms with van der Waals surface area (Å²) in [6.45, 7) is 0. The Labute approximate surface area is 67.3 Å². The Morgan fingerprint density at radius 1 is 1.73 bits per heavy atom. The van der Waals surface area contributed by atoms with Crippen LogP contribution in [0.2, 0.25) is 0 Å². The van der Waals surface area contributed by atoms with Crippen molar-refractivity contribution in [1.82, 2.24) is 5.16 Å². The number of rotatable bonds is 2.